The predicted molar refractivity (Wildman–Crippen MR) is 95.9 cm³/mol. The Morgan fingerprint density at radius 2 is 1.90 bits per heavy atom. The predicted octanol–water partition coefficient (Wildman–Crippen LogP) is 3.73. The van der Waals surface area contributed by atoms with Crippen LogP contribution in [0, 0.1) is 0 Å². The van der Waals surface area contributed by atoms with E-state index in [2.05, 4.69) is 40.3 Å². The van der Waals surface area contributed by atoms with Crippen LogP contribution in [0.3, 0.4) is 0 Å². The first-order chi connectivity index (χ1) is 9.96. The zero-order chi connectivity index (χ0) is 15.7. The summed E-state index contributed by atoms with van der Waals surface area (Å²) in [5.74, 6) is 1.50. The molecule has 0 saturated heterocycles. The summed E-state index contributed by atoms with van der Waals surface area (Å²) in [6, 6.07) is 8.63. The van der Waals surface area contributed by atoms with Crippen molar-refractivity contribution in [1.82, 2.24) is 5.32 Å². The third-order valence-corrected chi connectivity index (χ3v) is 6.70. The van der Waals surface area contributed by atoms with Gasteiger partial charge >= 0.3 is 0 Å². The summed E-state index contributed by atoms with van der Waals surface area (Å²) in [4.78, 5) is 1.24. The number of nitrogens with one attached hydrogen (secondary N) is 1. The van der Waals surface area contributed by atoms with Crippen LogP contribution in [0.4, 0.5) is 0 Å². The van der Waals surface area contributed by atoms with Gasteiger partial charge in [0.1, 0.15) is 9.84 Å². The molecule has 1 N–H and O–H groups in total. The van der Waals surface area contributed by atoms with Crippen molar-refractivity contribution in [2.75, 3.05) is 23.8 Å². The molecule has 0 aliphatic carbocycles. The van der Waals surface area contributed by atoms with E-state index in [9.17, 15) is 8.42 Å². The Balaban J connectivity index is 2.40. The smallest absolute Gasteiger partial charge is 0.150 e. The van der Waals surface area contributed by atoms with Gasteiger partial charge in [-0.1, -0.05) is 29.8 Å². The van der Waals surface area contributed by atoms with Gasteiger partial charge in [-0.3, -0.25) is 0 Å². The van der Waals surface area contributed by atoms with Crippen LogP contribution in [-0.4, -0.2) is 38.3 Å². The van der Waals surface area contributed by atoms with E-state index in [1.165, 1.54) is 4.90 Å². The van der Waals surface area contributed by atoms with E-state index in [0.29, 0.717) is 11.8 Å². The second kappa shape index (κ2) is 9.87. The molecule has 0 bridgehead atoms. The Morgan fingerprint density at radius 1 is 1.24 bits per heavy atom. The Hall–Kier alpha value is -0.0400. The third kappa shape index (κ3) is 8.24. The Bertz CT molecular complexity index is 503. The molecule has 0 heterocycles. The minimum Gasteiger partial charge on any atom is -0.313 e. The third-order valence-electron chi connectivity index (χ3n) is 3.21. The topological polar surface area (TPSA) is 46.2 Å². The first kappa shape index (κ1) is 19.0. The number of hydrogen-bond acceptors (Lipinski definition) is 4. The van der Waals surface area contributed by atoms with Crippen molar-refractivity contribution in [3.05, 3.63) is 28.7 Å². The molecule has 0 spiro atoms. The molecular formula is C15H24BrNO2S2. The van der Waals surface area contributed by atoms with Crippen molar-refractivity contribution in [1.29, 1.82) is 0 Å². The molecule has 0 aliphatic rings. The fourth-order valence-electron chi connectivity index (χ4n) is 1.95. The van der Waals surface area contributed by atoms with Gasteiger partial charge in [-0.05, 0) is 43.7 Å². The average Bonchev–Trinajstić information content (AvgIpc) is 2.46. The highest BCUT2D eigenvalue weighted by Gasteiger charge is 2.12. The van der Waals surface area contributed by atoms with Gasteiger partial charge in [-0.2, -0.15) is 0 Å². The Morgan fingerprint density at radius 3 is 2.48 bits per heavy atom. The molecule has 0 amide bonds. The maximum Gasteiger partial charge on any atom is 0.150 e. The van der Waals surface area contributed by atoms with Gasteiger partial charge in [0.2, 0.25) is 0 Å². The molecular weight excluding hydrogens is 370 g/mol. The van der Waals surface area contributed by atoms with Crippen molar-refractivity contribution in [3.63, 3.8) is 0 Å². The molecule has 3 nitrogen and oxygen atoms in total. The summed E-state index contributed by atoms with van der Waals surface area (Å²) in [5, 5.41) is 3.44. The molecule has 1 unspecified atom stereocenters. The van der Waals surface area contributed by atoms with Crippen LogP contribution in [0.25, 0.3) is 0 Å². The standard InChI is InChI=1S/C15H24BrNO2S2/c1-3-17-14(6-5-11-21(18,19)4-2)12-20-15-9-7-13(16)8-10-15/h7-10,14,17H,3-6,11-12H2,1-2H3. The van der Waals surface area contributed by atoms with E-state index < -0.39 is 9.84 Å². The SMILES string of the molecule is CCNC(CCCS(=O)(=O)CC)CSc1ccc(Br)cc1. The van der Waals surface area contributed by atoms with Gasteiger partial charge in [-0.15, -0.1) is 11.8 Å². The Labute approximate surface area is 141 Å². The van der Waals surface area contributed by atoms with E-state index >= 15 is 0 Å². The van der Waals surface area contributed by atoms with Gasteiger partial charge in [0.25, 0.3) is 0 Å². The summed E-state index contributed by atoms with van der Waals surface area (Å²) in [6.45, 7) is 4.70. The van der Waals surface area contributed by atoms with Gasteiger partial charge in [0.05, 0.1) is 5.75 Å². The number of thioether (sulfide) groups is 1. The minimum atomic E-state index is -2.84. The van der Waals surface area contributed by atoms with Gasteiger partial charge in [0, 0.05) is 26.9 Å². The molecule has 21 heavy (non-hydrogen) atoms. The van der Waals surface area contributed by atoms with Crippen LogP contribution in [0.1, 0.15) is 26.7 Å². The maximum absolute atomic E-state index is 11.5. The number of sulfone groups is 1. The second-order valence-electron chi connectivity index (χ2n) is 4.90. The lowest BCUT2D eigenvalue weighted by molar-refractivity contribution is 0.527. The van der Waals surface area contributed by atoms with Crippen LogP contribution >= 0.6 is 27.7 Å². The monoisotopic (exact) mass is 393 g/mol. The molecule has 6 heteroatoms. The van der Waals surface area contributed by atoms with Gasteiger partial charge in [-0.25, -0.2) is 8.42 Å². The van der Waals surface area contributed by atoms with Crippen LogP contribution in [-0.2, 0) is 9.84 Å². The summed E-state index contributed by atoms with van der Waals surface area (Å²) < 4.78 is 24.1. The van der Waals surface area contributed by atoms with Crippen LogP contribution in [0.5, 0.6) is 0 Å². The van der Waals surface area contributed by atoms with Gasteiger partial charge in [0.15, 0.2) is 0 Å². The van der Waals surface area contributed by atoms with E-state index in [1.54, 1.807) is 6.92 Å². The number of benzene rings is 1. The molecule has 0 radical (unpaired) electrons. The van der Waals surface area contributed by atoms with Crippen molar-refractivity contribution >= 4 is 37.5 Å². The summed E-state index contributed by atoms with van der Waals surface area (Å²) in [7, 11) is -2.84. The highest BCUT2D eigenvalue weighted by atomic mass is 79.9. The van der Waals surface area contributed by atoms with Crippen molar-refractivity contribution in [2.24, 2.45) is 0 Å². The lowest BCUT2D eigenvalue weighted by Crippen LogP contribution is -2.31. The highest BCUT2D eigenvalue weighted by molar-refractivity contribution is 9.10. The van der Waals surface area contributed by atoms with Crippen molar-refractivity contribution < 1.29 is 8.42 Å². The molecule has 120 valence electrons. The summed E-state index contributed by atoms with van der Waals surface area (Å²) in [5.41, 5.74) is 0. The van der Waals surface area contributed by atoms with Gasteiger partial charge < -0.3 is 5.32 Å². The normalized spacial score (nSPS) is 13.3. The fraction of sp³-hybridized carbons (Fsp3) is 0.600. The number of rotatable bonds is 10. The Kier molecular flexibility index (Phi) is 8.94. The molecule has 0 aliphatic heterocycles. The van der Waals surface area contributed by atoms with E-state index in [1.807, 2.05) is 23.9 Å². The highest BCUT2D eigenvalue weighted by Crippen LogP contribution is 2.22. The van der Waals surface area contributed by atoms with Crippen molar-refractivity contribution in [2.45, 2.75) is 37.6 Å². The van der Waals surface area contributed by atoms with Crippen LogP contribution < -0.4 is 5.32 Å². The number of halogens is 1. The molecule has 0 aromatic heterocycles. The lowest BCUT2D eigenvalue weighted by Gasteiger charge is -2.17. The minimum absolute atomic E-state index is 0.243. The molecule has 1 aromatic carbocycles. The average molecular weight is 394 g/mol. The first-order valence-electron chi connectivity index (χ1n) is 7.29. The van der Waals surface area contributed by atoms with E-state index in [-0.39, 0.29) is 5.75 Å². The summed E-state index contributed by atoms with van der Waals surface area (Å²) in [6.07, 6.45) is 1.63. The second-order valence-corrected chi connectivity index (χ2v) is 9.38. The summed E-state index contributed by atoms with van der Waals surface area (Å²) >= 11 is 5.24. The van der Waals surface area contributed by atoms with E-state index in [0.717, 1.165) is 29.6 Å². The largest absolute Gasteiger partial charge is 0.313 e. The molecule has 1 rings (SSSR count). The number of hydrogen-bond donors (Lipinski definition) is 1. The molecule has 0 fully saturated rings. The maximum atomic E-state index is 11.5. The van der Waals surface area contributed by atoms with E-state index in [4.69, 9.17) is 0 Å². The molecule has 0 saturated carbocycles. The lowest BCUT2D eigenvalue weighted by atomic mass is 10.2. The quantitative estimate of drug-likeness (QED) is 0.615. The zero-order valence-corrected chi connectivity index (χ0v) is 15.9. The zero-order valence-electron chi connectivity index (χ0n) is 12.6. The molecule has 1 atom stereocenters. The van der Waals surface area contributed by atoms with Crippen LogP contribution in [0.2, 0.25) is 0 Å². The fourth-order valence-corrected chi connectivity index (χ4v) is 4.12. The molecule has 1 aromatic rings. The van der Waals surface area contributed by atoms with Crippen molar-refractivity contribution in [3.8, 4) is 0 Å². The van der Waals surface area contributed by atoms with Crippen LogP contribution in [0.15, 0.2) is 33.6 Å². The first-order valence-corrected chi connectivity index (χ1v) is 10.9.